The first-order valence-electron chi connectivity index (χ1n) is 4.58. The summed E-state index contributed by atoms with van der Waals surface area (Å²) < 4.78 is 0. The number of aromatic nitrogens is 2. The molecule has 0 saturated heterocycles. The van der Waals surface area contributed by atoms with Gasteiger partial charge in [0.25, 0.3) is 0 Å². The topological polar surface area (TPSA) is 118 Å². The van der Waals surface area contributed by atoms with E-state index < -0.39 is 4.92 Å². The minimum atomic E-state index is -0.588. The van der Waals surface area contributed by atoms with Crippen LogP contribution in [0.25, 0.3) is 0 Å². The third-order valence-corrected chi connectivity index (χ3v) is 2.22. The molecule has 1 rings (SSSR count). The average Bonchev–Trinajstić information content (AvgIpc) is 2.26. The fourth-order valence-corrected chi connectivity index (χ4v) is 1.10. The number of nitrogens with two attached hydrogens (primary N) is 1. The Morgan fingerprint density at radius 2 is 2.38 bits per heavy atom. The molecule has 3 N–H and O–H groups in total. The molecule has 0 amide bonds. The van der Waals surface area contributed by atoms with E-state index in [0.717, 1.165) is 6.20 Å². The van der Waals surface area contributed by atoms with Crippen molar-refractivity contribution in [1.82, 2.24) is 9.97 Å². The Kier molecular flexibility index (Phi) is 3.56. The number of aliphatic hydroxyl groups is 1. The molecule has 16 heavy (non-hydrogen) atoms. The standard InChI is InChI=1S/C8H13N5O3/c1-5(4-14)12(2)7-6(13(15)16)3-10-8(9)11-7/h3,5,14H,4H2,1-2H3,(H2,9,10,11). The first kappa shape index (κ1) is 12.1. The molecule has 0 aliphatic carbocycles. The van der Waals surface area contributed by atoms with Gasteiger partial charge in [-0.1, -0.05) is 0 Å². The van der Waals surface area contributed by atoms with Crippen molar-refractivity contribution in [3.63, 3.8) is 0 Å². The third-order valence-electron chi connectivity index (χ3n) is 2.22. The maximum atomic E-state index is 10.7. The molecule has 0 aliphatic rings. The number of hydrogen-bond donors (Lipinski definition) is 2. The second-order valence-electron chi connectivity index (χ2n) is 3.34. The van der Waals surface area contributed by atoms with E-state index in [-0.39, 0.29) is 30.1 Å². The summed E-state index contributed by atoms with van der Waals surface area (Å²) in [5, 5.41) is 19.7. The highest BCUT2D eigenvalue weighted by Gasteiger charge is 2.22. The summed E-state index contributed by atoms with van der Waals surface area (Å²) in [5.41, 5.74) is 5.13. The molecule has 1 heterocycles. The number of anilines is 2. The first-order valence-corrected chi connectivity index (χ1v) is 4.58. The maximum absolute atomic E-state index is 10.7. The van der Waals surface area contributed by atoms with Gasteiger partial charge in [-0.15, -0.1) is 0 Å². The fourth-order valence-electron chi connectivity index (χ4n) is 1.10. The molecule has 0 saturated carbocycles. The molecule has 88 valence electrons. The average molecular weight is 227 g/mol. The van der Waals surface area contributed by atoms with E-state index in [0.29, 0.717) is 0 Å². The summed E-state index contributed by atoms with van der Waals surface area (Å²) in [4.78, 5) is 19.0. The molecule has 0 bridgehead atoms. The monoisotopic (exact) mass is 227 g/mol. The van der Waals surface area contributed by atoms with Gasteiger partial charge in [-0.25, -0.2) is 4.98 Å². The zero-order valence-electron chi connectivity index (χ0n) is 8.99. The van der Waals surface area contributed by atoms with E-state index in [1.165, 1.54) is 4.90 Å². The minimum absolute atomic E-state index is 0.0439. The van der Waals surface area contributed by atoms with Crippen LogP contribution >= 0.6 is 0 Å². The Balaban J connectivity index is 3.19. The predicted molar refractivity (Wildman–Crippen MR) is 58.0 cm³/mol. The van der Waals surface area contributed by atoms with Crippen LogP contribution in [0.2, 0.25) is 0 Å². The minimum Gasteiger partial charge on any atom is -0.394 e. The Morgan fingerprint density at radius 1 is 1.75 bits per heavy atom. The van der Waals surface area contributed by atoms with E-state index >= 15 is 0 Å². The molecule has 8 heteroatoms. The second-order valence-corrected chi connectivity index (χ2v) is 3.34. The highest BCUT2D eigenvalue weighted by atomic mass is 16.6. The van der Waals surface area contributed by atoms with Gasteiger partial charge in [-0.05, 0) is 6.92 Å². The van der Waals surface area contributed by atoms with Crippen molar-refractivity contribution in [1.29, 1.82) is 0 Å². The van der Waals surface area contributed by atoms with E-state index in [2.05, 4.69) is 9.97 Å². The van der Waals surface area contributed by atoms with Crippen molar-refractivity contribution >= 4 is 17.5 Å². The maximum Gasteiger partial charge on any atom is 0.329 e. The second kappa shape index (κ2) is 4.71. The fraction of sp³-hybridized carbons (Fsp3) is 0.500. The van der Waals surface area contributed by atoms with Crippen LogP contribution in [-0.4, -0.2) is 39.7 Å². The van der Waals surface area contributed by atoms with Crippen LogP contribution < -0.4 is 10.6 Å². The predicted octanol–water partition coefficient (Wildman–Crippen LogP) is -0.216. The molecule has 0 aliphatic heterocycles. The number of nitrogens with zero attached hydrogens (tertiary/aromatic N) is 4. The van der Waals surface area contributed by atoms with Gasteiger partial charge < -0.3 is 15.7 Å². The Morgan fingerprint density at radius 3 is 2.88 bits per heavy atom. The molecule has 0 fully saturated rings. The molecule has 8 nitrogen and oxygen atoms in total. The molecular weight excluding hydrogens is 214 g/mol. The van der Waals surface area contributed by atoms with Gasteiger partial charge in [0, 0.05) is 7.05 Å². The van der Waals surface area contributed by atoms with Crippen molar-refractivity contribution in [3.8, 4) is 0 Å². The number of nitro groups is 1. The van der Waals surface area contributed by atoms with Crippen LogP contribution in [0.3, 0.4) is 0 Å². The van der Waals surface area contributed by atoms with E-state index in [1.807, 2.05) is 0 Å². The van der Waals surface area contributed by atoms with Gasteiger partial charge in [0.1, 0.15) is 6.20 Å². The number of rotatable bonds is 4. The van der Waals surface area contributed by atoms with Crippen LogP contribution in [0.5, 0.6) is 0 Å². The SMILES string of the molecule is CC(CO)N(C)c1nc(N)ncc1[N+](=O)[O-]. The molecule has 0 radical (unpaired) electrons. The molecular formula is C8H13N5O3. The highest BCUT2D eigenvalue weighted by molar-refractivity contribution is 5.58. The summed E-state index contributed by atoms with van der Waals surface area (Å²) in [6.45, 7) is 1.57. The summed E-state index contributed by atoms with van der Waals surface area (Å²) in [7, 11) is 1.59. The lowest BCUT2D eigenvalue weighted by Crippen LogP contribution is -2.33. The van der Waals surface area contributed by atoms with Gasteiger partial charge in [0.2, 0.25) is 11.8 Å². The van der Waals surface area contributed by atoms with Crippen molar-refractivity contribution in [2.24, 2.45) is 0 Å². The summed E-state index contributed by atoms with van der Waals surface area (Å²) in [6, 6.07) is -0.298. The van der Waals surface area contributed by atoms with E-state index in [1.54, 1.807) is 14.0 Å². The summed E-state index contributed by atoms with van der Waals surface area (Å²) >= 11 is 0. The van der Waals surface area contributed by atoms with Crippen molar-refractivity contribution < 1.29 is 10.0 Å². The van der Waals surface area contributed by atoms with Gasteiger partial charge in [0.05, 0.1) is 17.6 Å². The molecule has 0 aromatic carbocycles. The largest absolute Gasteiger partial charge is 0.394 e. The number of nitrogen functional groups attached to an aromatic ring is 1. The van der Waals surface area contributed by atoms with Crippen molar-refractivity contribution in [3.05, 3.63) is 16.3 Å². The summed E-state index contributed by atoms with van der Waals surface area (Å²) in [5.74, 6) is 0.0524. The van der Waals surface area contributed by atoms with Gasteiger partial charge >= 0.3 is 5.69 Å². The van der Waals surface area contributed by atoms with E-state index in [4.69, 9.17) is 10.8 Å². The smallest absolute Gasteiger partial charge is 0.329 e. The molecule has 0 spiro atoms. The Hall–Kier alpha value is -1.96. The molecule has 1 unspecified atom stereocenters. The van der Waals surface area contributed by atoms with Gasteiger partial charge in [0.15, 0.2) is 0 Å². The van der Waals surface area contributed by atoms with E-state index in [9.17, 15) is 10.1 Å². The number of likely N-dealkylation sites (N-methyl/N-ethyl adjacent to an activating group) is 1. The normalized spacial score (nSPS) is 12.2. The van der Waals surface area contributed by atoms with Crippen LogP contribution in [-0.2, 0) is 0 Å². The number of aliphatic hydroxyl groups excluding tert-OH is 1. The van der Waals surface area contributed by atoms with Crippen LogP contribution in [0.4, 0.5) is 17.5 Å². The lowest BCUT2D eigenvalue weighted by Gasteiger charge is -2.23. The molecule has 1 atom stereocenters. The Bertz CT molecular complexity index is 397. The zero-order chi connectivity index (χ0) is 12.3. The van der Waals surface area contributed by atoms with Crippen LogP contribution in [0, 0.1) is 10.1 Å². The first-order chi connectivity index (χ1) is 7.47. The van der Waals surface area contributed by atoms with Gasteiger partial charge in [-0.3, -0.25) is 10.1 Å². The summed E-state index contributed by atoms with van der Waals surface area (Å²) in [6.07, 6.45) is 1.05. The number of hydrogen-bond acceptors (Lipinski definition) is 7. The van der Waals surface area contributed by atoms with Gasteiger partial charge in [-0.2, -0.15) is 4.98 Å². The molecule has 1 aromatic rings. The quantitative estimate of drug-likeness (QED) is 0.539. The molecule has 1 aromatic heterocycles. The third kappa shape index (κ3) is 2.34. The zero-order valence-corrected chi connectivity index (χ0v) is 8.99. The van der Waals surface area contributed by atoms with Crippen molar-refractivity contribution in [2.45, 2.75) is 13.0 Å². The van der Waals surface area contributed by atoms with Crippen molar-refractivity contribution in [2.75, 3.05) is 24.3 Å². The Labute approximate surface area is 91.9 Å². The lowest BCUT2D eigenvalue weighted by atomic mass is 10.3. The lowest BCUT2D eigenvalue weighted by molar-refractivity contribution is -0.384. The van der Waals surface area contributed by atoms with Crippen LogP contribution in [0.1, 0.15) is 6.92 Å². The van der Waals surface area contributed by atoms with Crippen LogP contribution in [0.15, 0.2) is 6.20 Å². The highest BCUT2D eigenvalue weighted by Crippen LogP contribution is 2.25.